The van der Waals surface area contributed by atoms with Crippen LogP contribution < -0.4 is 10.6 Å². The molecule has 1 aliphatic rings. The van der Waals surface area contributed by atoms with Crippen molar-refractivity contribution in [3.63, 3.8) is 0 Å². The Morgan fingerprint density at radius 2 is 2.11 bits per heavy atom. The number of amides is 1. The van der Waals surface area contributed by atoms with Crippen LogP contribution in [0.2, 0.25) is 0 Å². The number of piperidine rings is 1. The molecule has 0 radical (unpaired) electrons. The van der Waals surface area contributed by atoms with E-state index in [1.165, 1.54) is 0 Å². The van der Waals surface area contributed by atoms with E-state index in [1.807, 2.05) is 13.8 Å². The zero-order valence-corrected chi connectivity index (χ0v) is 11.4. The van der Waals surface area contributed by atoms with Gasteiger partial charge in [0.15, 0.2) is 0 Å². The molecule has 0 aromatic carbocycles. The maximum atomic E-state index is 11.6. The van der Waals surface area contributed by atoms with Gasteiger partial charge in [0, 0.05) is 6.42 Å². The summed E-state index contributed by atoms with van der Waals surface area (Å²) in [5, 5.41) is 15.2. The van der Waals surface area contributed by atoms with E-state index >= 15 is 0 Å². The summed E-state index contributed by atoms with van der Waals surface area (Å²) in [6.45, 7) is 6.40. The van der Waals surface area contributed by atoms with Gasteiger partial charge in [0.1, 0.15) is 0 Å². The third-order valence-electron chi connectivity index (χ3n) is 3.32. The summed E-state index contributed by atoms with van der Waals surface area (Å²) < 4.78 is 5.67. The number of carbonyl (C=O) groups is 1. The van der Waals surface area contributed by atoms with Crippen LogP contribution in [-0.2, 0) is 9.53 Å². The van der Waals surface area contributed by atoms with Crippen LogP contribution >= 0.6 is 0 Å². The van der Waals surface area contributed by atoms with Crippen LogP contribution in [0.15, 0.2) is 0 Å². The number of nitrogens with one attached hydrogen (secondary N) is 2. The molecule has 1 heterocycles. The number of carbonyl (C=O) groups excluding carboxylic acids is 1. The highest BCUT2D eigenvalue weighted by atomic mass is 16.5. The minimum atomic E-state index is -0.156. The normalized spacial score (nSPS) is 18.9. The highest BCUT2D eigenvalue weighted by molar-refractivity contribution is 5.76. The Labute approximate surface area is 109 Å². The molecule has 0 aliphatic carbocycles. The first-order valence-corrected chi connectivity index (χ1v) is 6.86. The topological polar surface area (TPSA) is 70.6 Å². The lowest BCUT2D eigenvalue weighted by atomic mass is 10.1. The molecular formula is C13H26N2O3. The van der Waals surface area contributed by atoms with Crippen molar-refractivity contribution in [2.75, 3.05) is 26.3 Å². The van der Waals surface area contributed by atoms with Crippen LogP contribution in [0.1, 0.15) is 33.1 Å². The minimum absolute atomic E-state index is 0.0153. The van der Waals surface area contributed by atoms with E-state index in [0.717, 1.165) is 25.9 Å². The Bertz CT molecular complexity index is 240. The fraction of sp³-hybridized carbons (Fsp3) is 0.923. The van der Waals surface area contributed by atoms with Gasteiger partial charge < -0.3 is 20.5 Å². The fourth-order valence-corrected chi connectivity index (χ4v) is 1.98. The molecule has 0 aromatic rings. The molecule has 1 fully saturated rings. The average molecular weight is 258 g/mol. The van der Waals surface area contributed by atoms with Crippen molar-refractivity contribution < 1.29 is 14.6 Å². The zero-order chi connectivity index (χ0) is 13.4. The van der Waals surface area contributed by atoms with Gasteiger partial charge in [0.25, 0.3) is 0 Å². The van der Waals surface area contributed by atoms with Crippen LogP contribution in [-0.4, -0.2) is 49.5 Å². The number of hydrogen-bond acceptors (Lipinski definition) is 4. The van der Waals surface area contributed by atoms with Crippen LogP contribution in [0.4, 0.5) is 0 Å². The van der Waals surface area contributed by atoms with Crippen molar-refractivity contribution in [2.45, 2.75) is 45.3 Å². The Morgan fingerprint density at radius 1 is 1.44 bits per heavy atom. The predicted octanol–water partition coefficient (Wildman–Crippen LogP) is 0.278. The van der Waals surface area contributed by atoms with Gasteiger partial charge in [-0.25, -0.2) is 0 Å². The van der Waals surface area contributed by atoms with Gasteiger partial charge in [0.2, 0.25) is 5.91 Å². The molecule has 0 saturated carbocycles. The van der Waals surface area contributed by atoms with Crippen molar-refractivity contribution in [3.8, 4) is 0 Å². The minimum Gasteiger partial charge on any atom is -0.394 e. The van der Waals surface area contributed by atoms with Gasteiger partial charge in [-0.15, -0.1) is 0 Å². The van der Waals surface area contributed by atoms with Gasteiger partial charge in [-0.05, 0) is 31.8 Å². The average Bonchev–Trinajstić information content (AvgIpc) is 2.37. The summed E-state index contributed by atoms with van der Waals surface area (Å²) in [5.74, 6) is 0.195. The Balaban J connectivity index is 2.12. The molecular weight excluding hydrogens is 232 g/mol. The molecule has 5 nitrogen and oxygen atoms in total. The fourth-order valence-electron chi connectivity index (χ4n) is 1.98. The summed E-state index contributed by atoms with van der Waals surface area (Å²) in [6.07, 6.45) is 2.70. The number of hydrogen-bond donors (Lipinski definition) is 3. The first-order chi connectivity index (χ1) is 8.63. The monoisotopic (exact) mass is 258 g/mol. The second-order valence-electron chi connectivity index (χ2n) is 5.17. The SMILES string of the molecule is CC(C)[C@@H](CO)NC(=O)CCOC1CCNCC1. The molecule has 18 heavy (non-hydrogen) atoms. The van der Waals surface area contributed by atoms with Gasteiger partial charge in [-0.3, -0.25) is 4.79 Å². The van der Waals surface area contributed by atoms with E-state index < -0.39 is 0 Å². The lowest BCUT2D eigenvalue weighted by Crippen LogP contribution is -2.41. The third kappa shape index (κ3) is 5.80. The predicted molar refractivity (Wildman–Crippen MR) is 70.3 cm³/mol. The van der Waals surface area contributed by atoms with E-state index in [1.54, 1.807) is 0 Å². The number of ether oxygens (including phenoxy) is 1. The highest BCUT2D eigenvalue weighted by Crippen LogP contribution is 2.07. The zero-order valence-electron chi connectivity index (χ0n) is 11.4. The Hall–Kier alpha value is -0.650. The molecule has 1 saturated heterocycles. The van der Waals surface area contributed by atoms with Gasteiger partial charge >= 0.3 is 0 Å². The molecule has 5 heteroatoms. The first kappa shape index (κ1) is 15.4. The van der Waals surface area contributed by atoms with E-state index in [0.29, 0.717) is 13.0 Å². The standard InChI is InChI=1S/C13H26N2O3/c1-10(2)12(9-16)15-13(17)5-8-18-11-3-6-14-7-4-11/h10-12,14,16H,3-9H2,1-2H3,(H,15,17)/t12-/m1/s1. The van der Waals surface area contributed by atoms with Crippen molar-refractivity contribution in [1.29, 1.82) is 0 Å². The lowest BCUT2D eigenvalue weighted by Gasteiger charge is -2.23. The molecule has 1 atom stereocenters. The van der Waals surface area contributed by atoms with Crippen LogP contribution in [0.5, 0.6) is 0 Å². The molecule has 0 spiro atoms. The largest absolute Gasteiger partial charge is 0.394 e. The summed E-state index contributed by atoms with van der Waals surface area (Å²) in [4.78, 5) is 11.6. The Kier molecular flexibility index (Phi) is 7.23. The van der Waals surface area contributed by atoms with Crippen molar-refractivity contribution in [1.82, 2.24) is 10.6 Å². The number of aliphatic hydroxyl groups is 1. The van der Waals surface area contributed by atoms with Gasteiger partial charge in [-0.2, -0.15) is 0 Å². The number of rotatable bonds is 7. The van der Waals surface area contributed by atoms with Crippen molar-refractivity contribution in [2.24, 2.45) is 5.92 Å². The van der Waals surface area contributed by atoms with E-state index in [2.05, 4.69) is 10.6 Å². The number of aliphatic hydroxyl groups excluding tert-OH is 1. The summed E-state index contributed by atoms with van der Waals surface area (Å²) >= 11 is 0. The van der Waals surface area contributed by atoms with Crippen LogP contribution in [0.25, 0.3) is 0 Å². The van der Waals surface area contributed by atoms with Crippen LogP contribution in [0.3, 0.4) is 0 Å². The molecule has 0 aromatic heterocycles. The summed E-state index contributed by atoms with van der Waals surface area (Å²) in [5.41, 5.74) is 0. The quantitative estimate of drug-likeness (QED) is 0.613. The van der Waals surface area contributed by atoms with E-state index in [4.69, 9.17) is 9.84 Å². The van der Waals surface area contributed by atoms with E-state index in [9.17, 15) is 4.79 Å². The first-order valence-electron chi connectivity index (χ1n) is 6.86. The second-order valence-corrected chi connectivity index (χ2v) is 5.17. The molecule has 1 aliphatic heterocycles. The second kappa shape index (κ2) is 8.45. The van der Waals surface area contributed by atoms with Crippen molar-refractivity contribution in [3.05, 3.63) is 0 Å². The van der Waals surface area contributed by atoms with Crippen molar-refractivity contribution >= 4 is 5.91 Å². The summed E-state index contributed by atoms with van der Waals surface area (Å²) in [6, 6.07) is -0.156. The molecule has 1 rings (SSSR count). The summed E-state index contributed by atoms with van der Waals surface area (Å²) in [7, 11) is 0. The lowest BCUT2D eigenvalue weighted by molar-refractivity contribution is -0.124. The maximum Gasteiger partial charge on any atom is 0.222 e. The third-order valence-corrected chi connectivity index (χ3v) is 3.32. The molecule has 0 bridgehead atoms. The van der Waals surface area contributed by atoms with Gasteiger partial charge in [0.05, 0.1) is 25.4 Å². The smallest absolute Gasteiger partial charge is 0.222 e. The van der Waals surface area contributed by atoms with Crippen LogP contribution in [0, 0.1) is 5.92 Å². The molecule has 1 amide bonds. The van der Waals surface area contributed by atoms with E-state index in [-0.39, 0.29) is 30.6 Å². The molecule has 0 unspecified atom stereocenters. The molecule has 3 N–H and O–H groups in total. The van der Waals surface area contributed by atoms with Gasteiger partial charge in [-0.1, -0.05) is 13.8 Å². The maximum absolute atomic E-state index is 11.6. The Morgan fingerprint density at radius 3 is 2.67 bits per heavy atom. The highest BCUT2D eigenvalue weighted by Gasteiger charge is 2.16. The molecule has 106 valence electrons.